The Morgan fingerprint density at radius 1 is 1.41 bits per heavy atom. The van der Waals surface area contributed by atoms with Crippen molar-refractivity contribution in [1.29, 1.82) is 0 Å². The van der Waals surface area contributed by atoms with Crippen LogP contribution in [-0.2, 0) is 14.3 Å². The summed E-state index contributed by atoms with van der Waals surface area (Å²) < 4.78 is 15.3. The summed E-state index contributed by atoms with van der Waals surface area (Å²) in [6.45, 7) is -0.229. The topological polar surface area (TPSA) is 68.3 Å². The van der Waals surface area contributed by atoms with Crippen molar-refractivity contribution in [2.45, 2.75) is 0 Å². The van der Waals surface area contributed by atoms with E-state index in [1.807, 2.05) is 0 Å². The van der Waals surface area contributed by atoms with Gasteiger partial charge in [-0.3, -0.25) is 14.5 Å². The Morgan fingerprint density at radius 2 is 2.11 bits per heavy atom. The van der Waals surface area contributed by atoms with Crippen LogP contribution < -0.4 is 9.47 Å². The molecule has 27 heavy (non-hydrogen) atoms. The zero-order valence-electron chi connectivity index (χ0n) is 14.9. The van der Waals surface area contributed by atoms with Crippen molar-refractivity contribution in [3.05, 3.63) is 28.4 Å². The number of hydrogen-bond acceptors (Lipinski definition) is 6. The van der Waals surface area contributed by atoms with Crippen LogP contribution in [0.4, 0.5) is 0 Å². The van der Waals surface area contributed by atoms with Gasteiger partial charge in [0.25, 0.3) is 5.91 Å². The molecule has 1 amide bonds. The minimum Gasteiger partial charge on any atom is -0.493 e. The third kappa shape index (κ3) is 4.32. The molecule has 1 aromatic rings. The highest BCUT2D eigenvalue weighted by Crippen LogP contribution is 2.37. The van der Waals surface area contributed by atoms with Crippen molar-refractivity contribution in [2.24, 2.45) is 0 Å². The van der Waals surface area contributed by atoms with Gasteiger partial charge >= 0.3 is 5.97 Å². The van der Waals surface area contributed by atoms with Gasteiger partial charge in [-0.25, -0.2) is 0 Å². The second-order valence-electron chi connectivity index (χ2n) is 5.37. The molecule has 1 heterocycles. The quantitative estimate of drug-likeness (QED) is 0.308. The van der Waals surface area contributed by atoms with Crippen LogP contribution in [0.15, 0.2) is 17.8 Å². The number of thiocarbonyl (C=S) groups is 1. The average molecular weight is 409 g/mol. The summed E-state index contributed by atoms with van der Waals surface area (Å²) in [6.07, 6.45) is 6.79. The van der Waals surface area contributed by atoms with E-state index in [0.29, 0.717) is 17.1 Å². The van der Waals surface area contributed by atoms with Gasteiger partial charge in [0, 0.05) is 7.05 Å². The number of terminal acetylenes is 1. The standard InChI is InChI=1S/C18H17ClN2O5S/c1-5-6-26-16-12(19)7-11(9-14(16)24-3)8-13-17(23)21(10-15(22)25-4)18(27)20(13)2/h1,7-9H,6,10H2,2-4H3/b13-8-. The van der Waals surface area contributed by atoms with Crippen LogP contribution in [0.1, 0.15) is 5.56 Å². The van der Waals surface area contributed by atoms with Gasteiger partial charge in [-0.15, -0.1) is 6.42 Å². The molecule has 9 heteroatoms. The first kappa shape index (κ1) is 20.6. The zero-order chi connectivity index (χ0) is 20.1. The number of esters is 1. The monoisotopic (exact) mass is 408 g/mol. The third-order valence-corrected chi connectivity index (χ3v) is 4.49. The number of carbonyl (C=O) groups excluding carboxylic acids is 2. The van der Waals surface area contributed by atoms with Crippen molar-refractivity contribution >= 4 is 46.9 Å². The maximum Gasteiger partial charge on any atom is 0.325 e. The number of nitrogens with zero attached hydrogens (tertiary/aromatic N) is 2. The smallest absolute Gasteiger partial charge is 0.325 e. The molecule has 0 bridgehead atoms. The van der Waals surface area contributed by atoms with Crippen LogP contribution in [0.25, 0.3) is 6.08 Å². The summed E-state index contributed by atoms with van der Waals surface area (Å²) in [5, 5.41) is 0.474. The van der Waals surface area contributed by atoms with Crippen molar-refractivity contribution < 1.29 is 23.8 Å². The molecular weight excluding hydrogens is 392 g/mol. The van der Waals surface area contributed by atoms with Crippen LogP contribution in [-0.4, -0.2) is 61.2 Å². The molecule has 142 valence electrons. The Morgan fingerprint density at radius 3 is 2.70 bits per heavy atom. The second-order valence-corrected chi connectivity index (χ2v) is 6.14. The molecule has 1 saturated heterocycles. The number of likely N-dealkylation sites (N-methyl/N-ethyl adjacent to an activating group) is 1. The van der Waals surface area contributed by atoms with E-state index in [1.165, 1.54) is 19.1 Å². The lowest BCUT2D eigenvalue weighted by Gasteiger charge is -2.14. The van der Waals surface area contributed by atoms with E-state index in [4.69, 9.17) is 39.7 Å². The van der Waals surface area contributed by atoms with Gasteiger partial charge in [-0.05, 0) is 36.0 Å². The number of halogens is 1. The highest BCUT2D eigenvalue weighted by Gasteiger charge is 2.37. The molecule has 1 aromatic carbocycles. The lowest BCUT2D eigenvalue weighted by atomic mass is 10.1. The van der Waals surface area contributed by atoms with E-state index in [1.54, 1.807) is 25.3 Å². The first-order chi connectivity index (χ1) is 12.8. The predicted molar refractivity (Wildman–Crippen MR) is 104 cm³/mol. The normalized spacial score (nSPS) is 15.1. The minimum atomic E-state index is -0.569. The predicted octanol–water partition coefficient (Wildman–Crippen LogP) is 1.93. The molecule has 0 atom stereocenters. The zero-order valence-corrected chi connectivity index (χ0v) is 16.5. The molecule has 1 aliphatic rings. The van der Waals surface area contributed by atoms with Crippen LogP contribution in [0.2, 0.25) is 5.02 Å². The largest absolute Gasteiger partial charge is 0.493 e. The summed E-state index contributed by atoms with van der Waals surface area (Å²) in [7, 11) is 4.34. The van der Waals surface area contributed by atoms with Crippen LogP contribution in [0.5, 0.6) is 11.5 Å². The highest BCUT2D eigenvalue weighted by atomic mass is 35.5. The summed E-state index contributed by atoms with van der Waals surface area (Å²) in [5.41, 5.74) is 0.863. The number of rotatable bonds is 6. The Labute approximate surface area is 167 Å². The molecule has 0 aromatic heterocycles. The molecule has 7 nitrogen and oxygen atoms in total. The number of benzene rings is 1. The Kier molecular flexibility index (Phi) is 6.66. The molecule has 1 fully saturated rings. The van der Waals surface area contributed by atoms with Gasteiger partial charge in [0.05, 0.1) is 19.2 Å². The fourth-order valence-electron chi connectivity index (χ4n) is 2.38. The van der Waals surface area contributed by atoms with Gasteiger partial charge in [0.1, 0.15) is 18.8 Å². The summed E-state index contributed by atoms with van der Waals surface area (Å²) in [6, 6.07) is 3.26. The lowest BCUT2D eigenvalue weighted by molar-refractivity contribution is -0.143. The van der Waals surface area contributed by atoms with E-state index in [-0.39, 0.29) is 29.0 Å². The number of methoxy groups -OCH3 is 2. The van der Waals surface area contributed by atoms with Crippen molar-refractivity contribution in [3.8, 4) is 23.8 Å². The van der Waals surface area contributed by atoms with Crippen LogP contribution in [0, 0.1) is 12.3 Å². The highest BCUT2D eigenvalue weighted by molar-refractivity contribution is 7.80. The van der Waals surface area contributed by atoms with Gasteiger partial charge in [0.15, 0.2) is 16.6 Å². The molecule has 0 radical (unpaired) electrons. The lowest BCUT2D eigenvalue weighted by Crippen LogP contribution is -2.36. The van der Waals surface area contributed by atoms with E-state index in [0.717, 1.165) is 4.90 Å². The molecule has 1 aliphatic heterocycles. The van der Waals surface area contributed by atoms with Gasteiger partial charge in [0.2, 0.25) is 0 Å². The Bertz CT molecular complexity index is 862. The average Bonchev–Trinajstić information content (AvgIpc) is 2.84. The van der Waals surface area contributed by atoms with Crippen molar-refractivity contribution in [3.63, 3.8) is 0 Å². The van der Waals surface area contributed by atoms with Gasteiger partial charge < -0.3 is 19.1 Å². The second kappa shape index (κ2) is 8.75. The summed E-state index contributed by atoms with van der Waals surface area (Å²) >= 11 is 11.5. The van der Waals surface area contributed by atoms with Crippen molar-refractivity contribution in [2.75, 3.05) is 34.4 Å². The number of hydrogen-bond donors (Lipinski definition) is 0. The first-order valence-electron chi connectivity index (χ1n) is 7.65. The SMILES string of the molecule is C#CCOc1c(Cl)cc(/C=C2/C(=O)N(CC(=O)OC)C(=S)N2C)cc1OC. The first-order valence-corrected chi connectivity index (χ1v) is 8.44. The summed E-state index contributed by atoms with van der Waals surface area (Å²) in [5.74, 6) is 2.04. The molecular formula is C18H17ClN2O5S. The van der Waals surface area contributed by atoms with E-state index in [2.05, 4.69) is 10.7 Å². The molecule has 0 saturated carbocycles. The summed E-state index contributed by atoms with van der Waals surface area (Å²) in [4.78, 5) is 26.8. The number of carbonyl (C=O) groups is 2. The van der Waals surface area contributed by atoms with Gasteiger partial charge in [-0.2, -0.15) is 0 Å². The maximum atomic E-state index is 12.6. The van der Waals surface area contributed by atoms with E-state index in [9.17, 15) is 9.59 Å². The molecule has 0 unspecified atom stereocenters. The molecule has 0 spiro atoms. The van der Waals surface area contributed by atoms with Crippen LogP contribution >= 0.6 is 23.8 Å². The van der Waals surface area contributed by atoms with Crippen LogP contribution in [0.3, 0.4) is 0 Å². The van der Waals surface area contributed by atoms with Gasteiger partial charge in [-0.1, -0.05) is 17.5 Å². The fraction of sp³-hybridized carbons (Fsp3) is 0.278. The van der Waals surface area contributed by atoms with Crippen molar-refractivity contribution in [1.82, 2.24) is 9.80 Å². The Balaban J connectivity index is 2.39. The third-order valence-electron chi connectivity index (χ3n) is 3.71. The number of ether oxygens (including phenoxy) is 3. The molecule has 0 N–H and O–H groups in total. The van der Waals surface area contributed by atoms with E-state index >= 15 is 0 Å². The minimum absolute atomic E-state index is 0.0362. The molecule has 2 rings (SSSR count). The molecule has 0 aliphatic carbocycles. The fourth-order valence-corrected chi connectivity index (χ4v) is 2.90. The van der Waals surface area contributed by atoms with E-state index < -0.39 is 11.9 Å². The maximum absolute atomic E-state index is 12.6. The Hall–Kier alpha value is -2.76. The number of amides is 1.